The van der Waals surface area contributed by atoms with Crippen molar-refractivity contribution in [1.82, 2.24) is 0 Å². The Morgan fingerprint density at radius 2 is 0.460 bits per heavy atom. The van der Waals surface area contributed by atoms with Crippen LogP contribution in [-0.2, 0) is 65.4 Å². The molecular formula is C68H132O17P2. The number of carbonyl (C=O) groups is 4. The number of phosphoric ester groups is 2. The number of esters is 4. The molecule has 0 aromatic carbocycles. The van der Waals surface area contributed by atoms with Gasteiger partial charge in [-0.15, -0.1) is 0 Å². The van der Waals surface area contributed by atoms with Gasteiger partial charge in [0.2, 0.25) is 0 Å². The van der Waals surface area contributed by atoms with Crippen molar-refractivity contribution in [3.63, 3.8) is 0 Å². The van der Waals surface area contributed by atoms with Crippen LogP contribution in [0.4, 0.5) is 0 Å². The zero-order valence-electron chi connectivity index (χ0n) is 56.0. The minimum absolute atomic E-state index is 0.107. The molecule has 0 bridgehead atoms. The summed E-state index contributed by atoms with van der Waals surface area (Å²) in [6.07, 6.45) is 49.7. The van der Waals surface area contributed by atoms with Crippen LogP contribution in [0.3, 0.4) is 0 Å². The molecule has 0 aromatic heterocycles. The normalized spacial score (nSPS) is 14.1. The minimum Gasteiger partial charge on any atom is -0.462 e. The van der Waals surface area contributed by atoms with Gasteiger partial charge in [0.25, 0.3) is 0 Å². The lowest BCUT2D eigenvalue weighted by Crippen LogP contribution is -2.30. The highest BCUT2D eigenvalue weighted by atomic mass is 31.2. The van der Waals surface area contributed by atoms with E-state index in [0.29, 0.717) is 25.7 Å². The number of carbonyl (C=O) groups excluding carboxylic acids is 4. The number of hydrogen-bond acceptors (Lipinski definition) is 15. The third-order valence-electron chi connectivity index (χ3n) is 15.9. The Bertz CT molecular complexity index is 1670. The average Bonchev–Trinajstić information content (AvgIpc) is 3.70. The van der Waals surface area contributed by atoms with E-state index >= 15 is 0 Å². The first-order valence-corrected chi connectivity index (χ1v) is 38.8. The summed E-state index contributed by atoms with van der Waals surface area (Å²) in [7, 11) is -9.89. The maximum atomic E-state index is 13.0. The Labute approximate surface area is 530 Å². The van der Waals surface area contributed by atoms with Crippen molar-refractivity contribution in [3.05, 3.63) is 0 Å². The molecule has 0 aliphatic carbocycles. The van der Waals surface area contributed by atoms with E-state index in [4.69, 9.17) is 37.0 Å². The average molecular weight is 1280 g/mol. The highest BCUT2D eigenvalue weighted by molar-refractivity contribution is 7.47. The van der Waals surface area contributed by atoms with E-state index in [9.17, 15) is 43.2 Å². The lowest BCUT2D eigenvalue weighted by atomic mass is 10.0. The molecule has 17 nitrogen and oxygen atoms in total. The zero-order valence-corrected chi connectivity index (χ0v) is 57.8. The maximum Gasteiger partial charge on any atom is 0.472 e. The first-order valence-electron chi connectivity index (χ1n) is 35.8. The number of aliphatic hydroxyl groups is 1. The van der Waals surface area contributed by atoms with Crippen LogP contribution in [0.1, 0.15) is 355 Å². The smallest absolute Gasteiger partial charge is 0.462 e. The third kappa shape index (κ3) is 62.6. The molecule has 516 valence electrons. The molecule has 2 unspecified atom stereocenters. The second kappa shape index (κ2) is 62.8. The molecule has 0 radical (unpaired) electrons. The van der Waals surface area contributed by atoms with E-state index in [1.807, 2.05) is 0 Å². The molecule has 87 heavy (non-hydrogen) atoms. The molecular weight excluding hydrogens is 1150 g/mol. The molecule has 0 heterocycles. The van der Waals surface area contributed by atoms with Crippen LogP contribution in [0.25, 0.3) is 0 Å². The minimum atomic E-state index is -4.95. The fourth-order valence-corrected chi connectivity index (χ4v) is 11.9. The highest BCUT2D eigenvalue weighted by Crippen LogP contribution is 2.45. The number of rotatable bonds is 69. The molecule has 0 aliphatic rings. The highest BCUT2D eigenvalue weighted by Gasteiger charge is 2.30. The Hall–Kier alpha value is -1.94. The fraction of sp³-hybridized carbons (Fsp3) is 0.941. The summed E-state index contributed by atoms with van der Waals surface area (Å²) in [5.41, 5.74) is 0. The van der Waals surface area contributed by atoms with Gasteiger partial charge in [0.1, 0.15) is 19.3 Å². The second-order valence-corrected chi connectivity index (χ2v) is 27.5. The number of phosphoric acid groups is 2. The second-order valence-electron chi connectivity index (χ2n) is 24.6. The molecule has 5 atom stereocenters. The van der Waals surface area contributed by atoms with E-state index in [0.717, 1.165) is 89.9 Å². The van der Waals surface area contributed by atoms with Crippen LogP contribution in [-0.4, -0.2) is 96.7 Å². The summed E-state index contributed by atoms with van der Waals surface area (Å²) >= 11 is 0. The SMILES string of the molecule is CCCCCCCCCCCCCCCCC(=O)O[C@H](COC(=O)CCCCCCCCCCCCCC)COP(=O)(O)OC[C@@H](O)COP(=O)(O)OC[C@@H](COC(=O)CCCCCCCCCCCC)OC(=O)CCCCCCCCCCCCC. The first kappa shape index (κ1) is 85.1. The molecule has 0 spiro atoms. The van der Waals surface area contributed by atoms with Gasteiger partial charge < -0.3 is 33.8 Å². The predicted molar refractivity (Wildman–Crippen MR) is 349 cm³/mol. The van der Waals surface area contributed by atoms with E-state index in [-0.39, 0.29) is 25.7 Å². The summed E-state index contributed by atoms with van der Waals surface area (Å²) in [4.78, 5) is 72.4. The van der Waals surface area contributed by atoms with Gasteiger partial charge in [-0.25, -0.2) is 9.13 Å². The fourth-order valence-electron chi connectivity index (χ4n) is 10.3. The van der Waals surface area contributed by atoms with Crippen LogP contribution >= 0.6 is 15.6 Å². The number of unbranched alkanes of at least 4 members (excludes halogenated alkanes) is 43. The predicted octanol–water partition coefficient (Wildman–Crippen LogP) is 19.5. The molecule has 0 amide bonds. The lowest BCUT2D eigenvalue weighted by Gasteiger charge is -2.21. The molecule has 0 rings (SSSR count). The van der Waals surface area contributed by atoms with Gasteiger partial charge in [0.15, 0.2) is 12.2 Å². The van der Waals surface area contributed by atoms with Crippen LogP contribution in [0.15, 0.2) is 0 Å². The summed E-state index contributed by atoms with van der Waals surface area (Å²) in [5, 5.41) is 10.6. The summed E-state index contributed by atoms with van der Waals surface area (Å²) < 4.78 is 68.2. The molecule has 3 N–H and O–H groups in total. The van der Waals surface area contributed by atoms with Crippen LogP contribution in [0.5, 0.6) is 0 Å². The standard InChI is InChI=1S/C68H132O17P2/c1-5-9-13-17-21-25-29-31-32-35-39-43-47-51-55-68(73)85-64(59-79-66(71)53-49-45-41-37-34-30-26-22-18-14-10-6-2)61-83-87(76,77)81-57-62(69)56-80-86(74,75)82-60-63(58-78-65(70)52-48-44-40-36-28-24-20-16-12-8-4)84-67(72)54-50-46-42-38-33-27-23-19-15-11-7-3/h62-64,69H,5-61H2,1-4H3,(H,74,75)(H,76,77)/t62-,63+,64+/m0/s1. The van der Waals surface area contributed by atoms with E-state index in [1.165, 1.54) is 186 Å². The van der Waals surface area contributed by atoms with Crippen molar-refractivity contribution in [3.8, 4) is 0 Å². The lowest BCUT2D eigenvalue weighted by molar-refractivity contribution is -0.161. The van der Waals surface area contributed by atoms with Crippen molar-refractivity contribution < 1.29 is 80.2 Å². The van der Waals surface area contributed by atoms with Crippen molar-refractivity contribution in [1.29, 1.82) is 0 Å². The van der Waals surface area contributed by atoms with E-state index < -0.39 is 97.5 Å². The van der Waals surface area contributed by atoms with Crippen LogP contribution in [0, 0.1) is 0 Å². The van der Waals surface area contributed by atoms with Crippen molar-refractivity contribution in [2.75, 3.05) is 39.6 Å². The van der Waals surface area contributed by atoms with Gasteiger partial charge in [0, 0.05) is 25.7 Å². The van der Waals surface area contributed by atoms with Gasteiger partial charge in [-0.3, -0.25) is 37.3 Å². The molecule has 0 aromatic rings. The third-order valence-corrected chi connectivity index (χ3v) is 17.8. The Morgan fingerprint density at radius 3 is 0.678 bits per heavy atom. The van der Waals surface area contributed by atoms with Gasteiger partial charge in [-0.05, 0) is 25.7 Å². The van der Waals surface area contributed by atoms with Crippen molar-refractivity contribution in [2.24, 2.45) is 0 Å². The van der Waals surface area contributed by atoms with Crippen LogP contribution < -0.4 is 0 Å². The topological polar surface area (TPSA) is 237 Å². The van der Waals surface area contributed by atoms with Crippen molar-refractivity contribution >= 4 is 39.5 Å². The molecule has 0 saturated carbocycles. The van der Waals surface area contributed by atoms with Gasteiger partial charge in [-0.1, -0.05) is 304 Å². The quantitative estimate of drug-likeness (QED) is 0.0222. The van der Waals surface area contributed by atoms with E-state index in [2.05, 4.69) is 27.7 Å². The van der Waals surface area contributed by atoms with Crippen LogP contribution in [0.2, 0.25) is 0 Å². The molecule has 19 heteroatoms. The summed E-state index contributed by atoms with van der Waals surface area (Å²) in [5.74, 6) is -2.12. The van der Waals surface area contributed by atoms with Gasteiger partial charge in [0.05, 0.1) is 26.4 Å². The van der Waals surface area contributed by atoms with Gasteiger partial charge >= 0.3 is 39.5 Å². The number of ether oxygens (including phenoxy) is 4. The number of aliphatic hydroxyl groups excluding tert-OH is 1. The Balaban J connectivity index is 5.24. The molecule has 0 aliphatic heterocycles. The monoisotopic (exact) mass is 1280 g/mol. The van der Waals surface area contributed by atoms with Gasteiger partial charge in [-0.2, -0.15) is 0 Å². The largest absolute Gasteiger partial charge is 0.472 e. The summed E-state index contributed by atoms with van der Waals surface area (Å²) in [6, 6.07) is 0. The maximum absolute atomic E-state index is 13.0. The zero-order chi connectivity index (χ0) is 64.0. The first-order chi connectivity index (χ1) is 42.2. The Morgan fingerprint density at radius 1 is 0.276 bits per heavy atom. The Kier molecular flexibility index (Phi) is 61.4. The molecule has 0 saturated heterocycles. The number of hydrogen-bond donors (Lipinski definition) is 3. The van der Waals surface area contributed by atoms with Crippen molar-refractivity contribution in [2.45, 2.75) is 373 Å². The summed E-state index contributed by atoms with van der Waals surface area (Å²) in [6.45, 7) is 4.92. The van der Waals surface area contributed by atoms with E-state index in [1.54, 1.807) is 0 Å². The molecule has 0 fully saturated rings.